The minimum Gasteiger partial charge on any atom is -0.479 e. The number of benzene rings is 1. The van der Waals surface area contributed by atoms with E-state index >= 15 is 0 Å². The fraction of sp³-hybridized carbons (Fsp3) is 0.571. The predicted molar refractivity (Wildman–Crippen MR) is 182 cm³/mol. The number of nitrogens with one attached hydrogen (secondary N) is 3. The highest BCUT2D eigenvalue weighted by atomic mass is 16.6. The van der Waals surface area contributed by atoms with Crippen LogP contribution in [0, 0.1) is 11.3 Å². The van der Waals surface area contributed by atoms with E-state index in [-0.39, 0.29) is 25.1 Å². The lowest BCUT2D eigenvalue weighted by molar-refractivity contribution is -0.228. The molecule has 1 fully saturated rings. The molecule has 2 aliphatic heterocycles. The zero-order chi connectivity index (χ0) is 39.1. The first kappa shape index (κ1) is 41.7. The van der Waals surface area contributed by atoms with Crippen molar-refractivity contribution in [2.24, 2.45) is 11.3 Å². The van der Waals surface area contributed by atoms with E-state index in [1.54, 1.807) is 45.9 Å². The van der Waals surface area contributed by atoms with Gasteiger partial charge in [0.2, 0.25) is 17.7 Å². The smallest absolute Gasteiger partial charge is 0.335 e. The normalized spacial score (nSPS) is 22.9. The van der Waals surface area contributed by atoms with Gasteiger partial charge in [-0.25, -0.2) is 4.79 Å². The van der Waals surface area contributed by atoms with Gasteiger partial charge in [-0.05, 0) is 69.2 Å². The maximum Gasteiger partial charge on any atom is 0.335 e. The summed E-state index contributed by atoms with van der Waals surface area (Å²) in [7, 11) is 0. The number of rotatable bonds is 16. The van der Waals surface area contributed by atoms with Gasteiger partial charge in [0.1, 0.15) is 43.5 Å². The zero-order valence-electron chi connectivity index (χ0n) is 30.0. The number of aliphatic hydroxyl groups is 3. The number of hydrogen-bond donors (Lipinski definition) is 7. The summed E-state index contributed by atoms with van der Waals surface area (Å²) in [6.45, 7) is 9.33. The number of amides is 5. The van der Waals surface area contributed by atoms with Crippen LogP contribution in [0.25, 0.3) is 0 Å². The van der Waals surface area contributed by atoms with Gasteiger partial charge in [0.15, 0.2) is 6.10 Å². The van der Waals surface area contributed by atoms with Crippen LogP contribution >= 0.6 is 0 Å². The Morgan fingerprint density at radius 3 is 2.13 bits per heavy atom. The van der Waals surface area contributed by atoms with E-state index in [0.717, 1.165) is 17.1 Å². The predicted octanol–water partition coefficient (Wildman–Crippen LogP) is -0.458. The molecule has 0 unspecified atom stereocenters. The van der Waals surface area contributed by atoms with Crippen molar-refractivity contribution in [1.29, 1.82) is 0 Å². The van der Waals surface area contributed by atoms with Crippen LogP contribution in [0.4, 0.5) is 5.69 Å². The molecule has 7 atom stereocenters. The number of aliphatic carboxylic acids is 1. The minimum absolute atomic E-state index is 0.0289. The van der Waals surface area contributed by atoms with Gasteiger partial charge in [-0.15, -0.1) is 0 Å². The van der Waals surface area contributed by atoms with Crippen molar-refractivity contribution < 1.29 is 63.5 Å². The highest BCUT2D eigenvalue weighted by molar-refractivity contribution is 6.14. The average molecular weight is 733 g/mol. The second-order valence-corrected chi connectivity index (χ2v) is 13.8. The van der Waals surface area contributed by atoms with E-state index in [2.05, 4.69) is 16.0 Å². The quantitative estimate of drug-likeness (QED) is 0.0840. The van der Waals surface area contributed by atoms with E-state index in [9.17, 15) is 54.0 Å². The average Bonchev–Trinajstić information content (AvgIpc) is 3.40. The second-order valence-electron chi connectivity index (χ2n) is 13.8. The molecule has 52 heavy (non-hydrogen) atoms. The molecule has 17 nitrogen and oxygen atoms in total. The van der Waals surface area contributed by atoms with Gasteiger partial charge >= 0.3 is 11.9 Å². The number of ether oxygens (including phenoxy) is 2. The maximum absolute atomic E-state index is 13.2. The molecule has 0 saturated carbocycles. The summed E-state index contributed by atoms with van der Waals surface area (Å²) in [6.07, 6.45) is -5.54. The van der Waals surface area contributed by atoms with Gasteiger partial charge in [0, 0.05) is 17.8 Å². The highest BCUT2D eigenvalue weighted by Crippen LogP contribution is 2.28. The van der Waals surface area contributed by atoms with Gasteiger partial charge in [0.05, 0.1) is 11.5 Å². The maximum atomic E-state index is 13.2. The van der Waals surface area contributed by atoms with Crippen LogP contribution in [0.15, 0.2) is 30.4 Å². The molecule has 5 amide bonds. The number of aliphatic hydroxyl groups excluding tert-OH is 3. The molecule has 1 aromatic carbocycles. The topological polar surface area (TPSA) is 258 Å². The third-order valence-corrected chi connectivity index (χ3v) is 9.14. The molecule has 0 radical (unpaired) electrons. The van der Waals surface area contributed by atoms with Crippen LogP contribution in [0.2, 0.25) is 0 Å². The lowest BCUT2D eigenvalue weighted by atomic mass is 9.90. The Bertz CT molecular complexity index is 1560. The molecular formula is C35H48N4O13. The first-order valence-electron chi connectivity index (χ1n) is 16.9. The highest BCUT2D eigenvalue weighted by Gasteiger charge is 2.46. The SMILES string of the molecule is CCC(C)(C)C(=O)OCc1ccc(NC(=O)[C@H](C)NC(=O)[C@@H](NC(=O)CN2C(=O)C=CC2=O)C(C)C)cc1CC[C@@H]1O[C@H](C(=O)O)[C@@H](O)[C@H](O)[C@H]1O. The first-order chi connectivity index (χ1) is 24.3. The molecule has 0 spiro atoms. The third kappa shape index (κ3) is 10.4. The molecule has 0 bridgehead atoms. The number of carboxylic acid groups (broad SMARTS) is 1. The fourth-order valence-corrected chi connectivity index (χ4v) is 5.36. The van der Waals surface area contributed by atoms with Crippen molar-refractivity contribution in [3.63, 3.8) is 0 Å². The number of hydrogen-bond acceptors (Lipinski definition) is 12. The number of anilines is 1. The van der Waals surface area contributed by atoms with Gasteiger partial charge in [-0.1, -0.05) is 26.8 Å². The van der Waals surface area contributed by atoms with E-state index in [0.29, 0.717) is 17.5 Å². The summed E-state index contributed by atoms with van der Waals surface area (Å²) in [5, 5.41) is 48.0. The Hall–Kier alpha value is -4.71. The molecular weight excluding hydrogens is 684 g/mol. The Morgan fingerprint density at radius 2 is 1.56 bits per heavy atom. The number of aryl methyl sites for hydroxylation is 1. The molecule has 1 saturated heterocycles. The summed E-state index contributed by atoms with van der Waals surface area (Å²) in [5.41, 5.74) is 0.575. The van der Waals surface area contributed by atoms with Crippen LogP contribution in [0.3, 0.4) is 0 Å². The third-order valence-electron chi connectivity index (χ3n) is 9.14. The summed E-state index contributed by atoms with van der Waals surface area (Å²) >= 11 is 0. The Kier molecular flexibility index (Phi) is 14.2. The monoisotopic (exact) mass is 732 g/mol. The van der Waals surface area contributed by atoms with Gasteiger partial charge < -0.3 is 45.9 Å². The molecule has 3 rings (SSSR count). The Morgan fingerprint density at radius 1 is 0.923 bits per heavy atom. The van der Waals surface area contributed by atoms with Crippen LogP contribution in [-0.4, -0.2) is 116 Å². The molecule has 0 aliphatic carbocycles. The summed E-state index contributed by atoms with van der Waals surface area (Å²) in [4.78, 5) is 87.5. The lowest BCUT2D eigenvalue weighted by Gasteiger charge is -2.39. The number of nitrogens with zero attached hydrogens (tertiary/aromatic N) is 1. The standard InChI is InChI=1S/C35H48N4O13/c1-7-35(5,6)34(50)51-16-20-8-10-21(14-19(20)9-11-22-27(43)28(44)29(45)30(52-22)33(48)49)37-31(46)18(4)36-32(47)26(17(2)3)38-23(40)15-39-24(41)12-13-25(39)42/h8,10,12-14,17-18,22,26-30,43-45H,7,9,11,15-16H2,1-6H3,(H,36,47)(H,37,46)(H,38,40)(H,48,49)/t18-,22-,26-,27-,28+,29-,30-/m0/s1. The van der Waals surface area contributed by atoms with Gasteiger partial charge in [-0.3, -0.25) is 33.7 Å². The lowest BCUT2D eigenvalue weighted by Crippen LogP contribution is -2.59. The van der Waals surface area contributed by atoms with Crippen LogP contribution in [-0.2, 0) is 56.1 Å². The van der Waals surface area contributed by atoms with Crippen molar-refractivity contribution in [1.82, 2.24) is 15.5 Å². The molecule has 7 N–H and O–H groups in total. The fourth-order valence-electron chi connectivity index (χ4n) is 5.36. The number of carbonyl (C=O) groups is 7. The molecule has 286 valence electrons. The summed E-state index contributed by atoms with van der Waals surface area (Å²) in [6, 6.07) is 2.51. The van der Waals surface area contributed by atoms with Crippen molar-refractivity contribution in [2.45, 2.75) is 110 Å². The Labute approximate surface area is 300 Å². The summed E-state index contributed by atoms with van der Waals surface area (Å²) in [5.74, 6) is -5.77. The molecule has 1 aromatic rings. The zero-order valence-corrected chi connectivity index (χ0v) is 30.0. The minimum atomic E-state index is -1.85. The largest absolute Gasteiger partial charge is 0.479 e. The van der Waals surface area contributed by atoms with Crippen molar-refractivity contribution >= 4 is 47.2 Å². The molecule has 2 aliphatic rings. The van der Waals surface area contributed by atoms with Crippen molar-refractivity contribution in [3.8, 4) is 0 Å². The number of carboxylic acids is 1. The molecule has 17 heteroatoms. The number of carbonyl (C=O) groups excluding carboxylic acids is 6. The van der Waals surface area contributed by atoms with Gasteiger partial charge in [-0.2, -0.15) is 0 Å². The van der Waals surface area contributed by atoms with E-state index in [4.69, 9.17) is 9.47 Å². The van der Waals surface area contributed by atoms with E-state index in [1.807, 2.05) is 6.92 Å². The number of esters is 1. The van der Waals surface area contributed by atoms with Crippen LogP contribution in [0.5, 0.6) is 0 Å². The molecule has 2 heterocycles. The first-order valence-corrected chi connectivity index (χ1v) is 16.9. The van der Waals surface area contributed by atoms with Crippen molar-refractivity contribution in [2.75, 3.05) is 11.9 Å². The van der Waals surface area contributed by atoms with Crippen LogP contribution < -0.4 is 16.0 Å². The van der Waals surface area contributed by atoms with Crippen molar-refractivity contribution in [3.05, 3.63) is 41.5 Å². The van der Waals surface area contributed by atoms with Crippen LogP contribution in [0.1, 0.15) is 65.5 Å². The molecule has 0 aromatic heterocycles. The summed E-state index contributed by atoms with van der Waals surface area (Å²) < 4.78 is 11.0. The van der Waals surface area contributed by atoms with Gasteiger partial charge in [0.25, 0.3) is 11.8 Å². The van der Waals surface area contributed by atoms with E-state index in [1.165, 1.54) is 6.92 Å². The second kappa shape index (κ2) is 17.7. The number of imide groups is 1. The Balaban J connectivity index is 1.73. The van der Waals surface area contributed by atoms with E-state index < -0.39 is 102 Å².